The summed E-state index contributed by atoms with van der Waals surface area (Å²) < 4.78 is 5.54. The van der Waals surface area contributed by atoms with Crippen molar-refractivity contribution in [3.8, 4) is 5.75 Å². The fraction of sp³-hybridized carbons (Fsp3) is 0.529. The summed E-state index contributed by atoms with van der Waals surface area (Å²) in [6.45, 7) is 3.74. The Balaban J connectivity index is 1.72. The Morgan fingerprint density at radius 1 is 1.30 bits per heavy atom. The molecular formula is C17H24N2O4. The van der Waals surface area contributed by atoms with Gasteiger partial charge in [0.2, 0.25) is 5.91 Å². The van der Waals surface area contributed by atoms with Crippen molar-refractivity contribution < 1.29 is 19.4 Å². The van der Waals surface area contributed by atoms with Crippen molar-refractivity contribution in [3.63, 3.8) is 0 Å². The topological polar surface area (TPSA) is 92.9 Å². The van der Waals surface area contributed by atoms with Crippen LogP contribution in [0.1, 0.15) is 30.1 Å². The third-order valence-electron chi connectivity index (χ3n) is 4.16. The van der Waals surface area contributed by atoms with Gasteiger partial charge in [0.15, 0.2) is 5.78 Å². The Morgan fingerprint density at radius 3 is 2.43 bits per heavy atom. The van der Waals surface area contributed by atoms with E-state index >= 15 is 0 Å². The number of Topliss-reactive ketones (excluding diaryl/α,β-unsaturated/α-hetero) is 1. The Morgan fingerprint density at radius 2 is 1.91 bits per heavy atom. The highest BCUT2D eigenvalue weighted by Gasteiger charge is 2.24. The van der Waals surface area contributed by atoms with Gasteiger partial charge in [-0.2, -0.15) is 0 Å². The maximum Gasteiger partial charge on any atom is 0.220 e. The van der Waals surface area contributed by atoms with Crippen molar-refractivity contribution in [2.45, 2.75) is 25.9 Å². The minimum absolute atomic E-state index is 0.0101. The van der Waals surface area contributed by atoms with E-state index in [0.717, 1.165) is 25.9 Å². The first kappa shape index (κ1) is 17.4. The van der Waals surface area contributed by atoms with E-state index in [0.29, 0.717) is 17.9 Å². The number of aliphatic hydroxyl groups is 1. The van der Waals surface area contributed by atoms with Crippen LogP contribution in [0.2, 0.25) is 0 Å². The number of ether oxygens (including phenoxy) is 1. The molecule has 0 radical (unpaired) electrons. The van der Waals surface area contributed by atoms with E-state index in [1.54, 1.807) is 24.3 Å². The summed E-state index contributed by atoms with van der Waals surface area (Å²) in [6.07, 6.45) is 0.887. The molecule has 1 heterocycles. The first-order valence-corrected chi connectivity index (χ1v) is 7.89. The fourth-order valence-electron chi connectivity index (χ4n) is 2.73. The van der Waals surface area contributed by atoms with Gasteiger partial charge >= 0.3 is 0 Å². The van der Waals surface area contributed by atoms with Gasteiger partial charge in [0.25, 0.3) is 0 Å². The molecule has 1 aliphatic heterocycles. The number of β-amino-alcohol motifs (C(OH)–C–C–N with tert-alkyl or cyclic N) is 1. The molecule has 1 aromatic carbocycles. The molecule has 3 N–H and O–H groups in total. The van der Waals surface area contributed by atoms with Gasteiger partial charge in [0.05, 0.1) is 0 Å². The standard InChI is InChI=1S/C17H24N2O4/c1-12(20)13-2-4-16(5-3-13)23-11-15(21)10-19-8-6-14(7-9-19)17(18)22/h2-5,14-15,21H,6-11H2,1H3,(H2,18,22)/t15-/m1/s1. The third-order valence-corrected chi connectivity index (χ3v) is 4.16. The largest absolute Gasteiger partial charge is 0.491 e. The van der Waals surface area contributed by atoms with E-state index in [-0.39, 0.29) is 24.2 Å². The maximum atomic E-state index is 11.2. The van der Waals surface area contributed by atoms with E-state index in [2.05, 4.69) is 4.90 Å². The summed E-state index contributed by atoms with van der Waals surface area (Å²) in [5.74, 6) is 0.361. The van der Waals surface area contributed by atoms with E-state index in [1.165, 1.54) is 6.92 Å². The van der Waals surface area contributed by atoms with Crippen LogP contribution in [0.3, 0.4) is 0 Å². The SMILES string of the molecule is CC(=O)c1ccc(OC[C@H](O)CN2CCC(C(N)=O)CC2)cc1. The zero-order valence-electron chi connectivity index (χ0n) is 13.4. The lowest BCUT2D eigenvalue weighted by Crippen LogP contribution is -2.43. The van der Waals surface area contributed by atoms with Gasteiger partial charge in [-0.15, -0.1) is 0 Å². The summed E-state index contributed by atoms with van der Waals surface area (Å²) in [5.41, 5.74) is 5.94. The van der Waals surface area contributed by atoms with Crippen molar-refractivity contribution in [1.29, 1.82) is 0 Å². The lowest BCUT2D eigenvalue weighted by Gasteiger charge is -2.31. The van der Waals surface area contributed by atoms with Crippen LogP contribution in [0.15, 0.2) is 24.3 Å². The number of carbonyl (C=O) groups excluding carboxylic acids is 2. The van der Waals surface area contributed by atoms with Crippen LogP contribution in [-0.4, -0.2) is 54.0 Å². The number of aliphatic hydroxyl groups excluding tert-OH is 1. The summed E-state index contributed by atoms with van der Waals surface area (Å²) in [5, 5.41) is 10.1. The molecule has 0 saturated carbocycles. The number of ketones is 1. The van der Waals surface area contributed by atoms with E-state index in [4.69, 9.17) is 10.5 Å². The molecule has 2 rings (SSSR count). The highest BCUT2D eigenvalue weighted by molar-refractivity contribution is 5.94. The van der Waals surface area contributed by atoms with Crippen molar-refractivity contribution in [2.24, 2.45) is 11.7 Å². The van der Waals surface area contributed by atoms with Gasteiger partial charge in [-0.25, -0.2) is 0 Å². The summed E-state index contributed by atoms with van der Waals surface area (Å²) in [7, 11) is 0. The summed E-state index contributed by atoms with van der Waals surface area (Å²) in [6, 6.07) is 6.86. The molecule has 6 heteroatoms. The molecule has 1 amide bonds. The Kier molecular flexibility index (Phi) is 6.12. The van der Waals surface area contributed by atoms with Crippen LogP contribution in [0.4, 0.5) is 0 Å². The van der Waals surface area contributed by atoms with Crippen molar-refractivity contribution in [3.05, 3.63) is 29.8 Å². The fourth-order valence-corrected chi connectivity index (χ4v) is 2.73. The number of benzene rings is 1. The number of nitrogens with two attached hydrogens (primary N) is 1. The summed E-state index contributed by atoms with van der Waals surface area (Å²) in [4.78, 5) is 24.4. The molecule has 6 nitrogen and oxygen atoms in total. The van der Waals surface area contributed by atoms with Gasteiger partial charge in [-0.1, -0.05) is 0 Å². The van der Waals surface area contributed by atoms with Crippen LogP contribution in [0, 0.1) is 5.92 Å². The Bertz CT molecular complexity index is 536. The normalized spacial score (nSPS) is 17.7. The minimum Gasteiger partial charge on any atom is -0.491 e. The Hall–Kier alpha value is -1.92. The van der Waals surface area contributed by atoms with Crippen LogP contribution in [-0.2, 0) is 4.79 Å². The predicted molar refractivity (Wildman–Crippen MR) is 86.3 cm³/mol. The van der Waals surface area contributed by atoms with Crippen LogP contribution in [0.25, 0.3) is 0 Å². The van der Waals surface area contributed by atoms with Crippen molar-refractivity contribution in [1.82, 2.24) is 4.90 Å². The number of hydrogen-bond donors (Lipinski definition) is 2. The van der Waals surface area contributed by atoms with Gasteiger partial charge in [0.1, 0.15) is 18.5 Å². The minimum atomic E-state index is -0.604. The first-order valence-electron chi connectivity index (χ1n) is 7.89. The second kappa shape index (κ2) is 8.08. The number of piperidine rings is 1. The number of primary amides is 1. The predicted octanol–water partition coefficient (Wildman–Crippen LogP) is 0.826. The second-order valence-electron chi connectivity index (χ2n) is 6.02. The molecule has 0 unspecified atom stereocenters. The van der Waals surface area contributed by atoms with Crippen molar-refractivity contribution in [2.75, 3.05) is 26.2 Å². The molecule has 0 aliphatic carbocycles. The number of amides is 1. The quantitative estimate of drug-likeness (QED) is 0.726. The van der Waals surface area contributed by atoms with E-state index < -0.39 is 6.10 Å². The third kappa shape index (κ3) is 5.33. The number of likely N-dealkylation sites (tertiary alicyclic amines) is 1. The van der Waals surface area contributed by atoms with Crippen molar-refractivity contribution >= 4 is 11.7 Å². The van der Waals surface area contributed by atoms with E-state index in [1.807, 2.05) is 0 Å². The lowest BCUT2D eigenvalue weighted by molar-refractivity contribution is -0.123. The van der Waals surface area contributed by atoms with Gasteiger partial charge < -0.3 is 20.5 Å². The average Bonchev–Trinajstić information content (AvgIpc) is 2.54. The molecule has 23 heavy (non-hydrogen) atoms. The maximum absolute atomic E-state index is 11.2. The van der Waals surface area contributed by atoms with Crippen LogP contribution < -0.4 is 10.5 Å². The molecular weight excluding hydrogens is 296 g/mol. The monoisotopic (exact) mass is 320 g/mol. The molecule has 1 saturated heterocycles. The molecule has 0 spiro atoms. The lowest BCUT2D eigenvalue weighted by atomic mass is 9.96. The molecule has 1 atom stereocenters. The zero-order chi connectivity index (χ0) is 16.8. The van der Waals surface area contributed by atoms with Gasteiger partial charge in [-0.3, -0.25) is 9.59 Å². The number of hydrogen-bond acceptors (Lipinski definition) is 5. The Labute approximate surface area is 136 Å². The molecule has 1 aliphatic rings. The highest BCUT2D eigenvalue weighted by atomic mass is 16.5. The van der Waals surface area contributed by atoms with Gasteiger partial charge in [-0.05, 0) is 57.1 Å². The molecule has 1 aromatic rings. The molecule has 0 aromatic heterocycles. The summed E-state index contributed by atoms with van der Waals surface area (Å²) >= 11 is 0. The second-order valence-corrected chi connectivity index (χ2v) is 6.02. The van der Waals surface area contributed by atoms with Crippen LogP contribution in [0.5, 0.6) is 5.75 Å². The first-order chi connectivity index (χ1) is 11.0. The molecule has 0 bridgehead atoms. The zero-order valence-corrected chi connectivity index (χ0v) is 13.4. The number of carbonyl (C=O) groups is 2. The van der Waals surface area contributed by atoms with Gasteiger partial charge in [0, 0.05) is 18.0 Å². The number of rotatable bonds is 7. The molecule has 1 fully saturated rings. The average molecular weight is 320 g/mol. The number of nitrogens with zero attached hydrogens (tertiary/aromatic N) is 1. The smallest absolute Gasteiger partial charge is 0.220 e. The van der Waals surface area contributed by atoms with E-state index in [9.17, 15) is 14.7 Å². The van der Waals surface area contributed by atoms with Crippen LogP contribution >= 0.6 is 0 Å². The molecule has 126 valence electrons. The highest BCUT2D eigenvalue weighted by Crippen LogP contribution is 2.17.